The molecule has 3 heteroatoms. The third kappa shape index (κ3) is 1.72. The minimum Gasteiger partial charge on any atom is -0.393 e. The van der Waals surface area contributed by atoms with Crippen LogP contribution < -0.4 is 0 Å². The average molecular weight is 302 g/mol. The Morgan fingerprint density at radius 3 is 2.50 bits per heavy atom. The molecule has 120 valence electrons. The molecule has 0 amide bonds. The summed E-state index contributed by atoms with van der Waals surface area (Å²) in [5, 5.41) is 9.97. The largest absolute Gasteiger partial charge is 0.393 e. The number of aliphatic hydroxyl groups is 1. The third-order valence-corrected chi connectivity index (χ3v) is 7.63. The Hall–Kier alpha value is -0.960. The van der Waals surface area contributed by atoms with E-state index in [1.54, 1.807) is 0 Å². The highest BCUT2D eigenvalue weighted by molar-refractivity contribution is 5.96. The smallest absolute Gasteiger partial charge is 0.159 e. The fourth-order valence-electron chi connectivity index (χ4n) is 6.16. The molecule has 0 heterocycles. The summed E-state index contributed by atoms with van der Waals surface area (Å²) < 4.78 is 0. The zero-order chi connectivity index (χ0) is 15.7. The van der Waals surface area contributed by atoms with Gasteiger partial charge in [0.2, 0.25) is 0 Å². The second kappa shape index (κ2) is 4.53. The summed E-state index contributed by atoms with van der Waals surface area (Å²) in [4.78, 5) is 25.2. The SMILES string of the molecule is C[C@]12CC[C@@H](O)CC1=CC(=O)[C@H]1[C@H]2CC[C@]2(C)C(=O)CC[C@H]12. The molecular weight excluding hydrogens is 276 g/mol. The minimum absolute atomic E-state index is 0.0363. The summed E-state index contributed by atoms with van der Waals surface area (Å²) in [5.41, 5.74) is 0.975. The van der Waals surface area contributed by atoms with E-state index in [-0.39, 0.29) is 34.6 Å². The molecule has 0 aromatic heterocycles. The molecule has 0 aromatic carbocycles. The second-order valence-corrected chi connectivity index (χ2v) is 8.54. The quantitative estimate of drug-likeness (QED) is 0.748. The molecule has 0 saturated heterocycles. The van der Waals surface area contributed by atoms with Crippen LogP contribution in [0, 0.1) is 28.6 Å². The molecule has 0 unspecified atom stereocenters. The molecular formula is C19H26O3. The first-order valence-electron chi connectivity index (χ1n) is 8.82. The summed E-state index contributed by atoms with van der Waals surface area (Å²) >= 11 is 0. The van der Waals surface area contributed by atoms with Crippen LogP contribution in [0.3, 0.4) is 0 Å². The highest BCUT2D eigenvalue weighted by Gasteiger charge is 2.60. The summed E-state index contributed by atoms with van der Waals surface area (Å²) in [6.45, 7) is 4.40. The Labute approximate surface area is 132 Å². The van der Waals surface area contributed by atoms with E-state index in [0.717, 1.165) is 32.1 Å². The lowest BCUT2D eigenvalue weighted by Crippen LogP contribution is -2.53. The lowest BCUT2D eigenvalue weighted by Gasteiger charge is -2.55. The van der Waals surface area contributed by atoms with Gasteiger partial charge in [0.05, 0.1) is 6.10 Å². The second-order valence-electron chi connectivity index (χ2n) is 8.54. The van der Waals surface area contributed by atoms with Gasteiger partial charge < -0.3 is 5.11 Å². The summed E-state index contributed by atoms with van der Waals surface area (Å²) in [6, 6.07) is 0. The zero-order valence-electron chi connectivity index (χ0n) is 13.6. The van der Waals surface area contributed by atoms with Crippen molar-refractivity contribution in [1.29, 1.82) is 0 Å². The Morgan fingerprint density at radius 2 is 1.73 bits per heavy atom. The van der Waals surface area contributed by atoms with Gasteiger partial charge in [-0.3, -0.25) is 9.59 Å². The van der Waals surface area contributed by atoms with Gasteiger partial charge in [-0.15, -0.1) is 0 Å². The number of carbonyl (C=O) groups is 2. The molecule has 4 rings (SSSR count). The molecule has 3 nitrogen and oxygen atoms in total. The first-order chi connectivity index (χ1) is 10.4. The van der Waals surface area contributed by atoms with Gasteiger partial charge in [0.15, 0.2) is 5.78 Å². The van der Waals surface area contributed by atoms with Gasteiger partial charge in [0.1, 0.15) is 5.78 Å². The van der Waals surface area contributed by atoms with Gasteiger partial charge in [0.25, 0.3) is 0 Å². The van der Waals surface area contributed by atoms with Crippen LogP contribution >= 0.6 is 0 Å². The maximum Gasteiger partial charge on any atom is 0.159 e. The number of fused-ring (bicyclic) bond motifs is 5. The third-order valence-electron chi connectivity index (χ3n) is 7.63. The molecule has 1 N–H and O–H groups in total. The van der Waals surface area contributed by atoms with Crippen molar-refractivity contribution in [1.82, 2.24) is 0 Å². The van der Waals surface area contributed by atoms with E-state index in [1.807, 2.05) is 6.08 Å². The number of Topliss-reactive ketones (excluding diaryl/α,β-unsaturated/α-hetero) is 1. The number of hydrogen-bond donors (Lipinski definition) is 1. The lowest BCUT2D eigenvalue weighted by atomic mass is 9.48. The maximum atomic E-state index is 12.9. The fourth-order valence-corrected chi connectivity index (χ4v) is 6.16. The van der Waals surface area contributed by atoms with Crippen molar-refractivity contribution in [2.45, 2.75) is 64.9 Å². The number of aliphatic hydroxyl groups excluding tert-OH is 1. The summed E-state index contributed by atoms with van der Waals surface area (Å²) in [5.74, 6) is 1.26. The van der Waals surface area contributed by atoms with E-state index in [2.05, 4.69) is 13.8 Å². The Balaban J connectivity index is 1.76. The van der Waals surface area contributed by atoms with E-state index < -0.39 is 0 Å². The van der Waals surface area contributed by atoms with Crippen LogP contribution in [0.2, 0.25) is 0 Å². The van der Waals surface area contributed by atoms with Gasteiger partial charge in [0, 0.05) is 17.8 Å². The minimum atomic E-state index is -0.286. The topological polar surface area (TPSA) is 54.4 Å². The zero-order valence-corrected chi connectivity index (χ0v) is 13.6. The molecule has 3 fully saturated rings. The van der Waals surface area contributed by atoms with Crippen LogP contribution in [-0.2, 0) is 9.59 Å². The summed E-state index contributed by atoms with van der Waals surface area (Å²) in [6.07, 6.45) is 7.51. The molecule has 0 bridgehead atoms. The highest BCUT2D eigenvalue weighted by Crippen LogP contribution is 2.63. The van der Waals surface area contributed by atoms with Crippen molar-refractivity contribution in [3.05, 3.63) is 11.6 Å². The molecule has 0 radical (unpaired) electrons. The van der Waals surface area contributed by atoms with E-state index >= 15 is 0 Å². The number of hydrogen-bond acceptors (Lipinski definition) is 3. The van der Waals surface area contributed by atoms with Crippen LogP contribution in [0.1, 0.15) is 58.8 Å². The van der Waals surface area contributed by atoms with Crippen LogP contribution in [0.4, 0.5) is 0 Å². The van der Waals surface area contributed by atoms with Crippen LogP contribution in [0.5, 0.6) is 0 Å². The van der Waals surface area contributed by atoms with Gasteiger partial charge >= 0.3 is 0 Å². The van der Waals surface area contributed by atoms with E-state index in [9.17, 15) is 14.7 Å². The first-order valence-corrected chi connectivity index (χ1v) is 8.82. The molecule has 6 atom stereocenters. The molecule has 22 heavy (non-hydrogen) atoms. The highest BCUT2D eigenvalue weighted by atomic mass is 16.3. The first kappa shape index (κ1) is 14.6. The Kier molecular flexibility index (Phi) is 3.01. The Bertz CT molecular complexity index is 577. The van der Waals surface area contributed by atoms with Crippen molar-refractivity contribution in [3.8, 4) is 0 Å². The van der Waals surface area contributed by atoms with Gasteiger partial charge in [-0.25, -0.2) is 0 Å². The van der Waals surface area contributed by atoms with E-state index in [4.69, 9.17) is 0 Å². The predicted molar refractivity (Wildman–Crippen MR) is 83.1 cm³/mol. The molecule has 4 aliphatic carbocycles. The van der Waals surface area contributed by atoms with E-state index in [1.165, 1.54) is 5.57 Å². The van der Waals surface area contributed by atoms with Gasteiger partial charge in [-0.1, -0.05) is 19.4 Å². The van der Waals surface area contributed by atoms with Crippen molar-refractivity contribution in [2.24, 2.45) is 28.6 Å². The predicted octanol–water partition coefficient (Wildman–Crippen LogP) is 3.06. The monoisotopic (exact) mass is 302 g/mol. The number of ketones is 2. The van der Waals surface area contributed by atoms with Gasteiger partial charge in [-0.2, -0.15) is 0 Å². The average Bonchev–Trinajstić information content (AvgIpc) is 2.77. The van der Waals surface area contributed by atoms with Crippen LogP contribution in [0.25, 0.3) is 0 Å². The normalized spacial score (nSPS) is 51.0. The summed E-state index contributed by atoms with van der Waals surface area (Å²) in [7, 11) is 0. The van der Waals surface area contributed by atoms with Crippen LogP contribution in [0.15, 0.2) is 11.6 Å². The molecule has 0 aliphatic heterocycles. The van der Waals surface area contributed by atoms with E-state index in [0.29, 0.717) is 24.5 Å². The van der Waals surface area contributed by atoms with Crippen LogP contribution in [-0.4, -0.2) is 22.8 Å². The molecule has 0 spiro atoms. The molecule has 0 aromatic rings. The number of rotatable bonds is 0. The maximum absolute atomic E-state index is 12.9. The molecule has 4 aliphatic rings. The van der Waals surface area contributed by atoms with Crippen molar-refractivity contribution in [3.63, 3.8) is 0 Å². The Morgan fingerprint density at radius 1 is 1.05 bits per heavy atom. The standard InChI is InChI=1S/C19H26O3/c1-18-7-5-12(20)9-11(18)10-15(21)17-13-3-4-16(22)19(13,2)8-6-14(17)18/h10,12-14,17,20H,3-9H2,1-2H3/t12-,13-,14-,17-,18+,19+/m1/s1. The molecule has 3 saturated carbocycles. The van der Waals surface area contributed by atoms with Crippen molar-refractivity contribution in [2.75, 3.05) is 0 Å². The lowest BCUT2D eigenvalue weighted by molar-refractivity contribution is -0.139. The number of allylic oxidation sites excluding steroid dienone is 1. The fraction of sp³-hybridized carbons (Fsp3) is 0.789. The van der Waals surface area contributed by atoms with Crippen molar-refractivity contribution < 1.29 is 14.7 Å². The number of carbonyl (C=O) groups excluding carboxylic acids is 2. The van der Waals surface area contributed by atoms with Gasteiger partial charge in [-0.05, 0) is 61.9 Å². The van der Waals surface area contributed by atoms with Crippen molar-refractivity contribution >= 4 is 11.6 Å².